The third-order valence-electron chi connectivity index (χ3n) is 2.61. The van der Waals surface area contributed by atoms with E-state index in [1.165, 1.54) is 22.3 Å². The van der Waals surface area contributed by atoms with Gasteiger partial charge in [0.05, 0.1) is 0 Å². The average Bonchev–Trinajstić information content (AvgIpc) is 2.56. The van der Waals surface area contributed by atoms with E-state index in [4.69, 9.17) is 0 Å². The molecule has 0 heterocycles. The van der Waals surface area contributed by atoms with Gasteiger partial charge in [0.15, 0.2) is 0 Å². The van der Waals surface area contributed by atoms with Crippen molar-refractivity contribution in [3.63, 3.8) is 0 Å². The fourth-order valence-electron chi connectivity index (χ4n) is 1.99. The number of benzene rings is 2. The first kappa shape index (κ1) is 6.90. The molecule has 0 atom stereocenters. The molecule has 0 N–H and O–H groups in total. The Morgan fingerprint density at radius 1 is 0.923 bits per heavy atom. The minimum atomic E-state index is 1.07. The summed E-state index contributed by atoms with van der Waals surface area (Å²) in [7, 11) is 0. The van der Waals surface area contributed by atoms with Gasteiger partial charge in [-0.2, -0.15) is 0 Å². The van der Waals surface area contributed by atoms with Crippen LogP contribution in [0, 0.1) is 6.07 Å². The predicted octanol–water partition coefficient (Wildman–Crippen LogP) is 3.06. The van der Waals surface area contributed by atoms with Gasteiger partial charge in [0.1, 0.15) is 0 Å². The Bertz CT molecular complexity index is 412. The maximum Gasteiger partial charge on any atom is -0.0454 e. The fourth-order valence-corrected chi connectivity index (χ4v) is 1.99. The summed E-state index contributed by atoms with van der Waals surface area (Å²) >= 11 is 0. The molecule has 3 rings (SSSR count). The molecule has 62 valence electrons. The van der Waals surface area contributed by atoms with E-state index >= 15 is 0 Å². The molecular formula is C13H9-. The smallest absolute Gasteiger partial charge is 0.0454 e. The third-order valence-corrected chi connectivity index (χ3v) is 2.61. The monoisotopic (exact) mass is 165 g/mol. The Labute approximate surface area is 77.8 Å². The SMILES string of the molecule is [c-]1cccc2c1-c1ccccc1C2. The third kappa shape index (κ3) is 0.919. The lowest BCUT2D eigenvalue weighted by Crippen LogP contribution is -1.77. The molecule has 0 saturated heterocycles. The van der Waals surface area contributed by atoms with Crippen molar-refractivity contribution in [1.82, 2.24) is 0 Å². The van der Waals surface area contributed by atoms with E-state index in [1.807, 2.05) is 6.07 Å². The highest BCUT2D eigenvalue weighted by molar-refractivity contribution is 5.75. The van der Waals surface area contributed by atoms with Crippen LogP contribution in [0.1, 0.15) is 11.1 Å². The second-order valence-electron chi connectivity index (χ2n) is 3.40. The van der Waals surface area contributed by atoms with Crippen molar-refractivity contribution in [2.75, 3.05) is 0 Å². The largest absolute Gasteiger partial charge is 0.147 e. The Kier molecular flexibility index (Phi) is 1.31. The standard InChI is InChI=1S/C13H9/c1-3-7-12-10(5-1)9-11-6-2-4-8-13(11)12/h1-7H,9H2/q-1. The number of hydrogen-bond donors (Lipinski definition) is 0. The number of rotatable bonds is 0. The minimum absolute atomic E-state index is 1.07. The van der Waals surface area contributed by atoms with Gasteiger partial charge in [-0.3, -0.25) is 0 Å². The number of fused-ring (bicyclic) bond motifs is 3. The topological polar surface area (TPSA) is 0 Å². The van der Waals surface area contributed by atoms with Crippen molar-refractivity contribution in [2.24, 2.45) is 0 Å². The maximum absolute atomic E-state index is 3.31. The summed E-state index contributed by atoms with van der Waals surface area (Å²) in [6.45, 7) is 0. The molecule has 0 radical (unpaired) electrons. The summed E-state index contributed by atoms with van der Waals surface area (Å²) in [5.74, 6) is 0. The van der Waals surface area contributed by atoms with E-state index in [9.17, 15) is 0 Å². The summed E-state index contributed by atoms with van der Waals surface area (Å²) in [5.41, 5.74) is 5.49. The highest BCUT2D eigenvalue weighted by atomic mass is 14.2. The van der Waals surface area contributed by atoms with Gasteiger partial charge >= 0.3 is 0 Å². The molecule has 0 unspecified atom stereocenters. The zero-order chi connectivity index (χ0) is 8.67. The Balaban J connectivity index is 2.32. The molecular weight excluding hydrogens is 156 g/mol. The van der Waals surface area contributed by atoms with Gasteiger partial charge in [-0.25, -0.2) is 0 Å². The van der Waals surface area contributed by atoms with Gasteiger partial charge in [0.2, 0.25) is 0 Å². The highest BCUT2D eigenvalue weighted by Crippen LogP contribution is 2.35. The van der Waals surface area contributed by atoms with Crippen LogP contribution in [0.3, 0.4) is 0 Å². The normalized spacial score (nSPS) is 12.3. The van der Waals surface area contributed by atoms with E-state index < -0.39 is 0 Å². The molecule has 0 aromatic heterocycles. The molecule has 0 amide bonds. The molecule has 2 aromatic rings. The van der Waals surface area contributed by atoms with Crippen LogP contribution in [0.25, 0.3) is 11.1 Å². The van der Waals surface area contributed by atoms with Crippen molar-refractivity contribution in [3.8, 4) is 11.1 Å². The van der Waals surface area contributed by atoms with E-state index in [2.05, 4.69) is 42.5 Å². The molecule has 0 heteroatoms. The minimum Gasteiger partial charge on any atom is -0.147 e. The second-order valence-corrected chi connectivity index (χ2v) is 3.40. The first-order chi connectivity index (χ1) is 6.45. The van der Waals surface area contributed by atoms with Crippen LogP contribution in [-0.2, 0) is 6.42 Å². The van der Waals surface area contributed by atoms with Crippen LogP contribution in [0.4, 0.5) is 0 Å². The van der Waals surface area contributed by atoms with Crippen molar-refractivity contribution in [3.05, 3.63) is 59.7 Å². The van der Waals surface area contributed by atoms with E-state index in [0.717, 1.165) is 6.42 Å². The van der Waals surface area contributed by atoms with Gasteiger partial charge < -0.3 is 0 Å². The molecule has 0 saturated carbocycles. The first-order valence-corrected chi connectivity index (χ1v) is 4.53. The lowest BCUT2D eigenvalue weighted by atomic mass is 10.1. The molecule has 0 bridgehead atoms. The van der Waals surface area contributed by atoms with Gasteiger partial charge in [0, 0.05) is 0 Å². The Morgan fingerprint density at radius 3 is 2.77 bits per heavy atom. The van der Waals surface area contributed by atoms with Crippen LogP contribution in [-0.4, -0.2) is 0 Å². The average molecular weight is 165 g/mol. The lowest BCUT2D eigenvalue weighted by molar-refractivity contribution is 1.26. The van der Waals surface area contributed by atoms with Crippen LogP contribution in [0.5, 0.6) is 0 Å². The molecule has 2 aromatic carbocycles. The van der Waals surface area contributed by atoms with E-state index in [0.29, 0.717) is 0 Å². The van der Waals surface area contributed by atoms with Gasteiger partial charge in [0.25, 0.3) is 0 Å². The lowest BCUT2D eigenvalue weighted by Gasteiger charge is -2.06. The Hall–Kier alpha value is -1.56. The predicted molar refractivity (Wildman–Crippen MR) is 53.5 cm³/mol. The van der Waals surface area contributed by atoms with Crippen molar-refractivity contribution in [1.29, 1.82) is 0 Å². The molecule has 0 spiro atoms. The number of hydrogen-bond acceptors (Lipinski definition) is 0. The van der Waals surface area contributed by atoms with E-state index in [-0.39, 0.29) is 0 Å². The summed E-state index contributed by atoms with van der Waals surface area (Å²) in [6, 6.07) is 18.1. The van der Waals surface area contributed by atoms with Gasteiger partial charge in [-0.1, -0.05) is 35.4 Å². The van der Waals surface area contributed by atoms with Crippen LogP contribution in [0.2, 0.25) is 0 Å². The molecule has 0 fully saturated rings. The molecule has 13 heavy (non-hydrogen) atoms. The van der Waals surface area contributed by atoms with Gasteiger partial charge in [-0.15, -0.1) is 35.4 Å². The van der Waals surface area contributed by atoms with E-state index in [1.54, 1.807) is 0 Å². The first-order valence-electron chi connectivity index (χ1n) is 4.53. The van der Waals surface area contributed by atoms with Crippen LogP contribution >= 0.6 is 0 Å². The zero-order valence-electron chi connectivity index (χ0n) is 7.25. The molecule has 1 aliphatic rings. The second kappa shape index (κ2) is 2.46. The molecule has 0 nitrogen and oxygen atoms in total. The van der Waals surface area contributed by atoms with Crippen molar-refractivity contribution in [2.45, 2.75) is 6.42 Å². The van der Waals surface area contributed by atoms with Gasteiger partial charge in [-0.05, 0) is 6.42 Å². The summed E-state index contributed by atoms with van der Waals surface area (Å²) in [6.07, 6.45) is 1.07. The van der Waals surface area contributed by atoms with Crippen LogP contribution < -0.4 is 0 Å². The molecule has 1 aliphatic carbocycles. The highest BCUT2D eigenvalue weighted by Gasteiger charge is 2.08. The Morgan fingerprint density at radius 2 is 1.77 bits per heavy atom. The molecule has 0 aliphatic heterocycles. The van der Waals surface area contributed by atoms with Crippen LogP contribution in [0.15, 0.2) is 42.5 Å². The van der Waals surface area contributed by atoms with Crippen molar-refractivity contribution < 1.29 is 0 Å². The fraction of sp³-hybridized carbons (Fsp3) is 0.0769. The summed E-state index contributed by atoms with van der Waals surface area (Å²) < 4.78 is 0. The quantitative estimate of drug-likeness (QED) is 0.449. The maximum atomic E-state index is 3.31. The van der Waals surface area contributed by atoms with Crippen molar-refractivity contribution >= 4 is 0 Å². The summed E-state index contributed by atoms with van der Waals surface area (Å²) in [4.78, 5) is 0. The summed E-state index contributed by atoms with van der Waals surface area (Å²) in [5, 5.41) is 0. The zero-order valence-corrected chi connectivity index (χ0v) is 7.25.